The van der Waals surface area contributed by atoms with Crippen LogP contribution in [-0.2, 0) is 4.79 Å². The highest BCUT2D eigenvalue weighted by molar-refractivity contribution is 5.68. The number of hydrogen-bond donors (Lipinski definition) is 2. The predicted octanol–water partition coefficient (Wildman–Crippen LogP) is 1.78. The molecule has 84 valence electrons. The Labute approximate surface area is 90.3 Å². The van der Waals surface area contributed by atoms with Crippen LogP contribution >= 0.6 is 0 Å². The van der Waals surface area contributed by atoms with E-state index in [2.05, 4.69) is 13.0 Å². The predicted molar refractivity (Wildman–Crippen MR) is 58.3 cm³/mol. The summed E-state index contributed by atoms with van der Waals surface area (Å²) in [6.45, 7) is 2.68. The molecular weight excluding hydrogens is 190 g/mol. The first-order chi connectivity index (χ1) is 7.11. The second-order valence-corrected chi connectivity index (χ2v) is 4.99. The zero-order valence-electron chi connectivity index (χ0n) is 9.20. The average Bonchev–Trinajstić information content (AvgIpc) is 2.53. The van der Waals surface area contributed by atoms with Crippen molar-refractivity contribution in [2.75, 3.05) is 6.54 Å². The van der Waals surface area contributed by atoms with Crippen molar-refractivity contribution < 1.29 is 9.90 Å². The van der Waals surface area contributed by atoms with Crippen LogP contribution in [0, 0.1) is 17.3 Å². The molecule has 0 aromatic carbocycles. The van der Waals surface area contributed by atoms with E-state index in [9.17, 15) is 4.79 Å². The first-order valence-electron chi connectivity index (χ1n) is 5.72. The number of rotatable bonds is 4. The first-order valence-corrected chi connectivity index (χ1v) is 5.72. The fourth-order valence-corrected chi connectivity index (χ4v) is 3.33. The second-order valence-electron chi connectivity index (χ2n) is 4.99. The monoisotopic (exact) mass is 209 g/mol. The van der Waals surface area contributed by atoms with E-state index in [4.69, 9.17) is 10.8 Å². The summed E-state index contributed by atoms with van der Waals surface area (Å²) >= 11 is 0. The third-order valence-electron chi connectivity index (χ3n) is 4.24. The summed E-state index contributed by atoms with van der Waals surface area (Å²) in [5.41, 5.74) is 7.16. The Kier molecular flexibility index (Phi) is 2.59. The van der Waals surface area contributed by atoms with E-state index in [1.807, 2.05) is 0 Å². The van der Waals surface area contributed by atoms with Gasteiger partial charge in [-0.3, -0.25) is 4.79 Å². The molecule has 3 N–H and O–H groups in total. The van der Waals surface area contributed by atoms with E-state index in [0.717, 1.165) is 19.3 Å². The van der Waals surface area contributed by atoms with E-state index in [0.29, 0.717) is 18.4 Å². The van der Waals surface area contributed by atoms with Gasteiger partial charge >= 0.3 is 5.97 Å². The van der Waals surface area contributed by atoms with E-state index in [1.54, 1.807) is 0 Å². The normalized spacial score (nSPS) is 38.1. The summed E-state index contributed by atoms with van der Waals surface area (Å²) in [5, 5.41) is 8.92. The maximum Gasteiger partial charge on any atom is 0.303 e. The van der Waals surface area contributed by atoms with Gasteiger partial charge in [0.1, 0.15) is 0 Å². The highest BCUT2D eigenvalue weighted by Gasteiger charge is 2.54. The van der Waals surface area contributed by atoms with Crippen molar-refractivity contribution in [2.45, 2.75) is 32.6 Å². The topological polar surface area (TPSA) is 63.3 Å². The molecular formula is C12H19NO2. The number of carbonyl (C=O) groups is 1. The van der Waals surface area contributed by atoms with Crippen molar-refractivity contribution in [2.24, 2.45) is 23.0 Å². The number of allylic oxidation sites excluding steroid dienone is 2. The van der Waals surface area contributed by atoms with Crippen molar-refractivity contribution in [1.82, 2.24) is 0 Å². The number of nitrogens with two attached hydrogens (primary N) is 1. The van der Waals surface area contributed by atoms with Gasteiger partial charge in [0.25, 0.3) is 0 Å². The van der Waals surface area contributed by atoms with Crippen LogP contribution in [0.15, 0.2) is 11.6 Å². The standard InChI is InChI=1S/C12H19NO2/c1-2-8-3-9-5-12(7-13,6-11(14)15)10(9)4-8/h3,9-10H,2,4-7,13H2,1H3,(H,14,15)/t9-,10-,12-/m0/s1. The molecule has 3 atom stereocenters. The zero-order chi connectivity index (χ0) is 11.1. The van der Waals surface area contributed by atoms with Crippen LogP contribution in [-0.4, -0.2) is 17.6 Å². The van der Waals surface area contributed by atoms with Gasteiger partial charge in [-0.05, 0) is 43.1 Å². The van der Waals surface area contributed by atoms with E-state index >= 15 is 0 Å². The van der Waals surface area contributed by atoms with Crippen molar-refractivity contribution in [1.29, 1.82) is 0 Å². The summed E-state index contributed by atoms with van der Waals surface area (Å²) in [7, 11) is 0. The lowest BCUT2D eigenvalue weighted by atomic mass is 9.53. The average molecular weight is 209 g/mol. The molecule has 0 spiro atoms. The molecule has 2 rings (SSSR count). The highest BCUT2D eigenvalue weighted by Crippen LogP contribution is 2.59. The molecule has 0 heterocycles. The summed E-state index contributed by atoms with van der Waals surface area (Å²) in [6, 6.07) is 0. The van der Waals surface area contributed by atoms with Crippen LogP contribution in [0.25, 0.3) is 0 Å². The van der Waals surface area contributed by atoms with Crippen molar-refractivity contribution >= 4 is 5.97 Å². The lowest BCUT2D eigenvalue weighted by Crippen LogP contribution is -2.51. The largest absolute Gasteiger partial charge is 0.481 e. The van der Waals surface area contributed by atoms with E-state index in [1.165, 1.54) is 5.57 Å². The molecule has 0 saturated heterocycles. The Bertz CT molecular complexity index is 311. The molecule has 0 unspecified atom stereocenters. The minimum Gasteiger partial charge on any atom is -0.481 e. The molecule has 0 aromatic rings. The van der Waals surface area contributed by atoms with Crippen LogP contribution in [0.3, 0.4) is 0 Å². The van der Waals surface area contributed by atoms with Crippen LogP contribution in [0.5, 0.6) is 0 Å². The van der Waals surface area contributed by atoms with E-state index in [-0.39, 0.29) is 11.8 Å². The summed E-state index contributed by atoms with van der Waals surface area (Å²) in [5.74, 6) is 0.417. The number of fused-ring (bicyclic) bond motifs is 1. The lowest BCUT2D eigenvalue weighted by molar-refractivity contribution is -0.144. The fourth-order valence-electron chi connectivity index (χ4n) is 3.33. The van der Waals surface area contributed by atoms with Crippen LogP contribution in [0.4, 0.5) is 0 Å². The summed E-state index contributed by atoms with van der Waals surface area (Å²) in [4.78, 5) is 10.8. The number of carboxylic acids is 1. The number of carboxylic acid groups (broad SMARTS) is 1. The molecule has 0 aliphatic heterocycles. The summed E-state index contributed by atoms with van der Waals surface area (Å²) in [6.07, 6.45) is 5.74. The Morgan fingerprint density at radius 1 is 1.73 bits per heavy atom. The zero-order valence-corrected chi connectivity index (χ0v) is 9.20. The molecule has 0 radical (unpaired) electrons. The fraction of sp³-hybridized carbons (Fsp3) is 0.750. The maximum atomic E-state index is 10.8. The smallest absolute Gasteiger partial charge is 0.303 e. The van der Waals surface area contributed by atoms with Gasteiger partial charge in [0.2, 0.25) is 0 Å². The molecule has 15 heavy (non-hydrogen) atoms. The molecule has 0 bridgehead atoms. The van der Waals surface area contributed by atoms with Gasteiger partial charge in [0.05, 0.1) is 6.42 Å². The van der Waals surface area contributed by atoms with Gasteiger partial charge in [-0.15, -0.1) is 0 Å². The third kappa shape index (κ3) is 1.59. The van der Waals surface area contributed by atoms with Gasteiger partial charge in [0, 0.05) is 0 Å². The third-order valence-corrected chi connectivity index (χ3v) is 4.24. The molecule has 3 heteroatoms. The van der Waals surface area contributed by atoms with Crippen molar-refractivity contribution in [3.63, 3.8) is 0 Å². The first kappa shape index (κ1) is 10.7. The Hall–Kier alpha value is -0.830. The van der Waals surface area contributed by atoms with Gasteiger partial charge in [-0.25, -0.2) is 0 Å². The van der Waals surface area contributed by atoms with Crippen LogP contribution in [0.2, 0.25) is 0 Å². The van der Waals surface area contributed by atoms with Crippen LogP contribution < -0.4 is 5.73 Å². The second kappa shape index (κ2) is 3.63. The molecule has 2 aliphatic carbocycles. The number of hydrogen-bond acceptors (Lipinski definition) is 2. The summed E-state index contributed by atoms with van der Waals surface area (Å²) < 4.78 is 0. The minimum absolute atomic E-state index is 0.107. The van der Waals surface area contributed by atoms with Gasteiger partial charge in [-0.2, -0.15) is 0 Å². The molecule has 1 saturated carbocycles. The molecule has 3 nitrogen and oxygen atoms in total. The molecule has 0 amide bonds. The quantitative estimate of drug-likeness (QED) is 0.694. The Morgan fingerprint density at radius 2 is 2.47 bits per heavy atom. The van der Waals surface area contributed by atoms with Crippen LogP contribution in [0.1, 0.15) is 32.6 Å². The lowest BCUT2D eigenvalue weighted by Gasteiger charge is -2.51. The molecule has 2 aliphatic rings. The van der Waals surface area contributed by atoms with Crippen molar-refractivity contribution in [3.05, 3.63) is 11.6 Å². The Morgan fingerprint density at radius 3 is 3.00 bits per heavy atom. The van der Waals surface area contributed by atoms with Gasteiger partial charge in [0.15, 0.2) is 0 Å². The van der Waals surface area contributed by atoms with Crippen molar-refractivity contribution in [3.8, 4) is 0 Å². The van der Waals surface area contributed by atoms with E-state index < -0.39 is 5.97 Å². The minimum atomic E-state index is -0.705. The SMILES string of the molecule is CCC1=C[C@H]2C[C@@](CN)(CC(=O)O)[C@H]2C1. The number of aliphatic carboxylic acids is 1. The van der Waals surface area contributed by atoms with Gasteiger partial charge < -0.3 is 10.8 Å². The van der Waals surface area contributed by atoms with Gasteiger partial charge in [-0.1, -0.05) is 18.6 Å². The molecule has 0 aromatic heterocycles. The maximum absolute atomic E-state index is 10.8. The Balaban J connectivity index is 2.06. The highest BCUT2D eigenvalue weighted by atomic mass is 16.4. The molecule has 1 fully saturated rings.